The molecule has 1 N–H and O–H groups in total. The molecule has 0 aliphatic heterocycles. The van der Waals surface area contributed by atoms with Crippen LogP contribution in [0, 0.1) is 0 Å². The van der Waals surface area contributed by atoms with Gasteiger partial charge in [0.15, 0.2) is 11.5 Å². The van der Waals surface area contributed by atoms with Crippen LogP contribution in [0.5, 0.6) is 23.0 Å². The third kappa shape index (κ3) is 4.96. The van der Waals surface area contributed by atoms with E-state index in [4.69, 9.17) is 14.2 Å². The van der Waals surface area contributed by atoms with Crippen LogP contribution in [-0.2, 0) is 13.1 Å². The molecule has 7 heteroatoms. The highest BCUT2D eigenvalue weighted by Crippen LogP contribution is 2.39. The smallest absolute Gasteiger partial charge is 0.387 e. The van der Waals surface area contributed by atoms with Crippen LogP contribution in [0.3, 0.4) is 0 Å². The summed E-state index contributed by atoms with van der Waals surface area (Å²) in [5, 5.41) is 3.28. The number of halogens is 2. The molecule has 5 nitrogen and oxygen atoms in total. The zero-order valence-corrected chi connectivity index (χ0v) is 14.3. The van der Waals surface area contributed by atoms with Gasteiger partial charge in [-0.1, -0.05) is 18.2 Å². The van der Waals surface area contributed by atoms with Gasteiger partial charge in [0.25, 0.3) is 0 Å². The minimum Gasteiger partial charge on any atom is -0.493 e. The summed E-state index contributed by atoms with van der Waals surface area (Å²) in [7, 11) is 4.69. The fraction of sp³-hybridized carbons (Fsp3) is 0.333. The lowest BCUT2D eigenvalue weighted by Crippen LogP contribution is -2.14. The summed E-state index contributed by atoms with van der Waals surface area (Å²) in [4.78, 5) is 0. The molecule has 0 aliphatic carbocycles. The molecule has 0 aliphatic rings. The molecule has 2 aromatic rings. The Morgan fingerprint density at radius 3 is 2.08 bits per heavy atom. The molecule has 0 fully saturated rings. The first-order valence-corrected chi connectivity index (χ1v) is 7.61. The van der Waals surface area contributed by atoms with E-state index in [0.29, 0.717) is 30.3 Å². The summed E-state index contributed by atoms with van der Waals surface area (Å²) >= 11 is 0. The maximum absolute atomic E-state index is 12.1. The second-order valence-corrected chi connectivity index (χ2v) is 5.12. The predicted octanol–water partition coefficient (Wildman–Crippen LogP) is 3.60. The highest BCUT2D eigenvalue weighted by Gasteiger charge is 2.15. The Morgan fingerprint density at radius 1 is 0.840 bits per heavy atom. The van der Waals surface area contributed by atoms with Gasteiger partial charge in [0.2, 0.25) is 5.75 Å². The number of hydrogen-bond acceptors (Lipinski definition) is 5. The van der Waals surface area contributed by atoms with Crippen molar-refractivity contribution in [2.45, 2.75) is 19.7 Å². The van der Waals surface area contributed by atoms with Gasteiger partial charge in [-0.15, -0.1) is 0 Å². The van der Waals surface area contributed by atoms with Crippen LogP contribution in [0.2, 0.25) is 0 Å². The van der Waals surface area contributed by atoms with E-state index in [2.05, 4.69) is 10.1 Å². The third-order valence-corrected chi connectivity index (χ3v) is 3.58. The molecule has 0 radical (unpaired) electrons. The Morgan fingerprint density at radius 2 is 1.52 bits per heavy atom. The lowest BCUT2D eigenvalue weighted by Gasteiger charge is -2.16. The number of nitrogens with one attached hydrogen (secondary N) is 1. The van der Waals surface area contributed by atoms with Crippen molar-refractivity contribution in [3.05, 3.63) is 47.5 Å². The van der Waals surface area contributed by atoms with Crippen molar-refractivity contribution in [1.82, 2.24) is 5.32 Å². The van der Waals surface area contributed by atoms with Crippen LogP contribution >= 0.6 is 0 Å². The maximum Gasteiger partial charge on any atom is 0.387 e. The van der Waals surface area contributed by atoms with E-state index >= 15 is 0 Å². The summed E-state index contributed by atoms with van der Waals surface area (Å²) in [5.74, 6) is 1.88. The average molecular weight is 353 g/mol. The Balaban J connectivity index is 1.99. The highest BCUT2D eigenvalue weighted by atomic mass is 19.3. The van der Waals surface area contributed by atoms with Crippen LogP contribution in [0.1, 0.15) is 11.1 Å². The van der Waals surface area contributed by atoms with Gasteiger partial charge in [-0.05, 0) is 23.8 Å². The van der Waals surface area contributed by atoms with E-state index in [0.717, 1.165) is 11.1 Å². The van der Waals surface area contributed by atoms with Crippen molar-refractivity contribution in [3.63, 3.8) is 0 Å². The molecule has 0 bridgehead atoms. The Kier molecular flexibility index (Phi) is 6.82. The molecule has 0 saturated carbocycles. The van der Waals surface area contributed by atoms with Crippen molar-refractivity contribution < 1.29 is 27.7 Å². The van der Waals surface area contributed by atoms with E-state index in [-0.39, 0.29) is 5.75 Å². The molecule has 0 aromatic heterocycles. The maximum atomic E-state index is 12.1. The van der Waals surface area contributed by atoms with Gasteiger partial charge in [0.1, 0.15) is 5.75 Å². The molecular formula is C18H21F2NO4. The summed E-state index contributed by atoms with van der Waals surface area (Å²) in [6, 6.07) is 10.2. The minimum absolute atomic E-state index is 0.139. The van der Waals surface area contributed by atoms with E-state index in [9.17, 15) is 8.78 Å². The first-order valence-electron chi connectivity index (χ1n) is 7.61. The lowest BCUT2D eigenvalue weighted by atomic mass is 10.1. The molecule has 0 spiro atoms. The fourth-order valence-electron chi connectivity index (χ4n) is 2.43. The molecule has 0 heterocycles. The van der Waals surface area contributed by atoms with Gasteiger partial charge in [0, 0.05) is 18.7 Å². The highest BCUT2D eigenvalue weighted by molar-refractivity contribution is 5.55. The summed E-state index contributed by atoms with van der Waals surface area (Å²) in [5.41, 5.74) is 1.86. The molecular weight excluding hydrogens is 332 g/mol. The van der Waals surface area contributed by atoms with Gasteiger partial charge in [-0.25, -0.2) is 0 Å². The average Bonchev–Trinajstić information content (AvgIpc) is 2.62. The zero-order valence-electron chi connectivity index (χ0n) is 14.3. The quantitative estimate of drug-likeness (QED) is 0.746. The third-order valence-electron chi connectivity index (χ3n) is 3.58. The molecule has 0 saturated heterocycles. The first kappa shape index (κ1) is 18.8. The standard InChI is InChI=1S/C18H21F2NO4/c1-22-15-9-6-13(16(23-2)17(15)24-3)11-21-10-12-4-7-14(8-5-12)25-18(19)20/h4-9,18,21H,10-11H2,1-3H3. The van der Waals surface area contributed by atoms with Crippen LogP contribution in [-0.4, -0.2) is 27.9 Å². The molecule has 2 aromatic carbocycles. The Hall–Kier alpha value is -2.54. The molecule has 0 amide bonds. The van der Waals surface area contributed by atoms with Crippen LogP contribution in [0.25, 0.3) is 0 Å². The van der Waals surface area contributed by atoms with Gasteiger partial charge in [-0.3, -0.25) is 0 Å². The van der Waals surface area contributed by atoms with E-state index in [1.165, 1.54) is 12.1 Å². The van der Waals surface area contributed by atoms with Gasteiger partial charge >= 0.3 is 6.61 Å². The molecule has 0 atom stereocenters. The number of benzene rings is 2. The molecule has 25 heavy (non-hydrogen) atoms. The van der Waals surface area contributed by atoms with Crippen molar-refractivity contribution in [2.24, 2.45) is 0 Å². The lowest BCUT2D eigenvalue weighted by molar-refractivity contribution is -0.0498. The van der Waals surface area contributed by atoms with Crippen LogP contribution in [0.4, 0.5) is 8.78 Å². The van der Waals surface area contributed by atoms with Gasteiger partial charge < -0.3 is 24.3 Å². The zero-order chi connectivity index (χ0) is 18.2. The summed E-state index contributed by atoms with van der Waals surface area (Å²) in [6.45, 7) is -1.72. The fourth-order valence-corrected chi connectivity index (χ4v) is 2.43. The first-order chi connectivity index (χ1) is 12.1. The Labute approximate surface area is 145 Å². The number of alkyl halides is 2. The van der Waals surface area contributed by atoms with Crippen molar-refractivity contribution in [2.75, 3.05) is 21.3 Å². The largest absolute Gasteiger partial charge is 0.493 e. The van der Waals surface area contributed by atoms with Gasteiger partial charge in [-0.2, -0.15) is 8.78 Å². The Bertz CT molecular complexity index is 678. The van der Waals surface area contributed by atoms with E-state index in [1.54, 1.807) is 33.5 Å². The second kappa shape index (κ2) is 9.08. The molecule has 0 unspecified atom stereocenters. The second-order valence-electron chi connectivity index (χ2n) is 5.12. The monoisotopic (exact) mass is 353 g/mol. The van der Waals surface area contributed by atoms with Crippen LogP contribution in [0.15, 0.2) is 36.4 Å². The van der Waals surface area contributed by atoms with E-state index < -0.39 is 6.61 Å². The predicted molar refractivity (Wildman–Crippen MR) is 89.7 cm³/mol. The van der Waals surface area contributed by atoms with Crippen molar-refractivity contribution in [3.8, 4) is 23.0 Å². The number of rotatable bonds is 9. The molecule has 136 valence electrons. The SMILES string of the molecule is COc1ccc(CNCc2ccc(OC(F)F)cc2)c(OC)c1OC. The number of methoxy groups -OCH3 is 3. The van der Waals surface area contributed by atoms with Gasteiger partial charge in [0.05, 0.1) is 21.3 Å². The normalized spacial score (nSPS) is 10.6. The minimum atomic E-state index is -2.82. The topological polar surface area (TPSA) is 49.0 Å². The van der Waals surface area contributed by atoms with Crippen molar-refractivity contribution in [1.29, 1.82) is 0 Å². The van der Waals surface area contributed by atoms with E-state index in [1.807, 2.05) is 12.1 Å². The summed E-state index contributed by atoms with van der Waals surface area (Å²) < 4.78 is 44.6. The number of ether oxygens (including phenoxy) is 4. The molecule has 2 rings (SSSR count). The van der Waals surface area contributed by atoms with Crippen molar-refractivity contribution >= 4 is 0 Å². The van der Waals surface area contributed by atoms with Crippen LogP contribution < -0.4 is 24.3 Å². The number of hydrogen-bond donors (Lipinski definition) is 1. The summed E-state index contributed by atoms with van der Waals surface area (Å²) in [6.07, 6.45) is 0.